The van der Waals surface area contributed by atoms with Crippen LogP contribution in [0.4, 0.5) is 14.6 Å². The highest BCUT2D eigenvalue weighted by molar-refractivity contribution is 6.03. The molecule has 0 radical (unpaired) electrons. The molecule has 5 aliphatic rings. The Morgan fingerprint density at radius 1 is 1.04 bits per heavy atom. The van der Waals surface area contributed by atoms with Crippen molar-refractivity contribution < 1.29 is 43.0 Å². The Balaban J connectivity index is 1.17. The van der Waals surface area contributed by atoms with Crippen molar-refractivity contribution in [2.24, 2.45) is 10.8 Å². The Bertz CT molecular complexity index is 2160. The van der Waals surface area contributed by atoms with Crippen molar-refractivity contribution in [1.29, 1.82) is 0 Å². The number of halogens is 2. The van der Waals surface area contributed by atoms with Crippen LogP contribution in [0.15, 0.2) is 24.3 Å². The third kappa shape index (κ3) is 6.32. The zero-order chi connectivity index (χ0) is 39.0. The van der Waals surface area contributed by atoms with E-state index in [1.165, 1.54) is 38.2 Å². The highest BCUT2D eigenvalue weighted by atomic mass is 19.1. The lowest BCUT2D eigenvalue weighted by Crippen LogP contribution is -2.64. The zero-order valence-corrected chi connectivity index (χ0v) is 32.3. The molecule has 3 saturated heterocycles. The van der Waals surface area contributed by atoms with E-state index in [1.807, 2.05) is 6.92 Å². The highest BCUT2D eigenvalue weighted by Crippen LogP contribution is 2.55. The average Bonchev–Trinajstić information content (AvgIpc) is 3.52. The van der Waals surface area contributed by atoms with Gasteiger partial charge >= 0.3 is 6.01 Å². The van der Waals surface area contributed by atoms with Crippen LogP contribution in [0.2, 0.25) is 0 Å². The maximum atomic E-state index is 17.5. The number of aromatic nitrogens is 3. The van der Waals surface area contributed by atoms with Gasteiger partial charge in [0.05, 0.1) is 52.8 Å². The molecule has 9 rings (SSSR count). The number of likely N-dealkylation sites (tertiary alicyclic amines) is 1. The van der Waals surface area contributed by atoms with Crippen molar-refractivity contribution in [2.75, 3.05) is 64.7 Å². The van der Waals surface area contributed by atoms with E-state index in [1.54, 1.807) is 17.9 Å². The Labute approximate surface area is 324 Å². The SMILES string of the molecule is CCc1c(F)ccc2cc(O)cc(-c3nc(OC)c4c(N5CC(CO)OCC(C)(O)C5)nc(OCC56CCCC5N(C5CC7(COC7)C5)CCC6)nc4c3F)c12. The number of ether oxygens (including phenoxy) is 4. The van der Waals surface area contributed by atoms with E-state index in [4.69, 9.17) is 28.9 Å². The van der Waals surface area contributed by atoms with E-state index < -0.39 is 23.3 Å². The molecule has 3 aliphatic heterocycles. The van der Waals surface area contributed by atoms with Gasteiger partial charge in [-0.15, -0.1) is 0 Å². The van der Waals surface area contributed by atoms with Gasteiger partial charge in [0.1, 0.15) is 39.6 Å². The van der Waals surface area contributed by atoms with Crippen LogP contribution in [0, 0.1) is 22.5 Å². The fraction of sp³-hybridized carbons (Fsp3) is 0.595. The van der Waals surface area contributed by atoms with Crippen molar-refractivity contribution in [2.45, 2.75) is 89.0 Å². The number of hydrogen-bond acceptors (Lipinski definition) is 12. The van der Waals surface area contributed by atoms with Crippen molar-refractivity contribution in [1.82, 2.24) is 19.9 Å². The summed E-state index contributed by atoms with van der Waals surface area (Å²) in [5, 5.41) is 33.4. The molecule has 4 atom stereocenters. The molecular weight excluding hydrogens is 724 g/mol. The summed E-state index contributed by atoms with van der Waals surface area (Å²) >= 11 is 0. The number of phenolic OH excluding ortho intramolecular Hbond substituents is 1. The topological polar surface area (TPSA) is 143 Å². The molecule has 0 bridgehead atoms. The maximum Gasteiger partial charge on any atom is 0.319 e. The average molecular weight is 776 g/mol. The molecule has 4 aromatic rings. The summed E-state index contributed by atoms with van der Waals surface area (Å²) in [6.45, 7) is 6.40. The van der Waals surface area contributed by atoms with E-state index in [-0.39, 0.29) is 77.3 Å². The number of aryl methyl sites for hydroxylation is 1. The number of piperidine rings is 1. The number of hydrogen-bond donors (Lipinski definition) is 3. The molecule has 12 nitrogen and oxygen atoms in total. The number of rotatable bonds is 9. The van der Waals surface area contributed by atoms with E-state index >= 15 is 8.78 Å². The monoisotopic (exact) mass is 775 g/mol. The van der Waals surface area contributed by atoms with Gasteiger partial charge in [-0.2, -0.15) is 9.97 Å². The molecule has 4 unspecified atom stereocenters. The van der Waals surface area contributed by atoms with Crippen molar-refractivity contribution in [3.8, 4) is 28.9 Å². The van der Waals surface area contributed by atoms with Gasteiger partial charge in [-0.05, 0) is 92.9 Å². The number of aromatic hydroxyl groups is 1. The predicted molar refractivity (Wildman–Crippen MR) is 205 cm³/mol. The first-order chi connectivity index (χ1) is 27.0. The second-order valence-electron chi connectivity index (χ2n) is 17.3. The van der Waals surface area contributed by atoms with Crippen LogP contribution in [0.3, 0.4) is 0 Å². The minimum atomic E-state index is -1.35. The summed E-state index contributed by atoms with van der Waals surface area (Å²) < 4.78 is 56.6. The van der Waals surface area contributed by atoms with Gasteiger partial charge in [0.2, 0.25) is 5.88 Å². The zero-order valence-electron chi connectivity index (χ0n) is 32.3. The molecule has 0 amide bonds. The summed E-state index contributed by atoms with van der Waals surface area (Å²) in [4.78, 5) is 18.8. The number of β-amino-alcohol motifs (C(OH)–C–C–N with tert-alkyl or cyclic N) is 1. The van der Waals surface area contributed by atoms with Crippen LogP contribution >= 0.6 is 0 Å². The summed E-state index contributed by atoms with van der Waals surface area (Å²) in [5.41, 5.74) is -0.881. The van der Waals surface area contributed by atoms with E-state index in [0.29, 0.717) is 46.9 Å². The summed E-state index contributed by atoms with van der Waals surface area (Å²) in [6.07, 6.45) is 7.27. The van der Waals surface area contributed by atoms with Crippen molar-refractivity contribution >= 4 is 27.5 Å². The molecular formula is C42H51F2N5O7. The third-order valence-electron chi connectivity index (χ3n) is 13.2. The van der Waals surface area contributed by atoms with Crippen LogP contribution in [-0.4, -0.2) is 119 Å². The van der Waals surface area contributed by atoms with E-state index in [9.17, 15) is 15.3 Å². The number of methoxy groups -OCH3 is 1. The van der Waals surface area contributed by atoms with Crippen LogP contribution in [0.5, 0.6) is 17.6 Å². The van der Waals surface area contributed by atoms with Crippen LogP contribution < -0.4 is 14.4 Å². The first-order valence-electron chi connectivity index (χ1n) is 20.0. The van der Waals surface area contributed by atoms with Crippen molar-refractivity contribution in [3.63, 3.8) is 0 Å². The second-order valence-corrected chi connectivity index (χ2v) is 17.3. The third-order valence-corrected chi connectivity index (χ3v) is 13.2. The summed E-state index contributed by atoms with van der Waals surface area (Å²) in [6, 6.07) is 6.65. The van der Waals surface area contributed by atoms with Gasteiger partial charge in [0, 0.05) is 35.0 Å². The lowest BCUT2D eigenvalue weighted by Gasteiger charge is -2.60. The molecule has 2 aromatic heterocycles. The van der Waals surface area contributed by atoms with E-state index in [0.717, 1.165) is 51.9 Å². The van der Waals surface area contributed by atoms with Crippen LogP contribution in [-0.2, 0) is 15.9 Å². The molecule has 5 heterocycles. The number of aliphatic hydroxyl groups is 2. The van der Waals surface area contributed by atoms with Crippen molar-refractivity contribution in [3.05, 3.63) is 41.5 Å². The number of phenols is 1. The number of aliphatic hydroxyl groups excluding tert-OH is 1. The lowest BCUT2D eigenvalue weighted by molar-refractivity contribution is -0.196. The van der Waals surface area contributed by atoms with Gasteiger partial charge in [-0.1, -0.05) is 19.4 Å². The van der Waals surface area contributed by atoms with Gasteiger partial charge < -0.3 is 39.2 Å². The first kappa shape index (κ1) is 37.6. The first-order valence-corrected chi connectivity index (χ1v) is 20.0. The molecule has 2 aromatic carbocycles. The van der Waals surface area contributed by atoms with Gasteiger partial charge in [-0.3, -0.25) is 4.90 Å². The number of pyridine rings is 1. The Morgan fingerprint density at radius 3 is 2.57 bits per heavy atom. The minimum absolute atomic E-state index is 0.0123. The normalized spacial score (nSPS) is 27.9. The van der Waals surface area contributed by atoms with E-state index in [2.05, 4.69) is 9.88 Å². The number of benzene rings is 2. The molecule has 2 saturated carbocycles. The molecule has 56 heavy (non-hydrogen) atoms. The summed E-state index contributed by atoms with van der Waals surface area (Å²) in [7, 11) is 1.41. The molecule has 14 heteroatoms. The predicted octanol–water partition coefficient (Wildman–Crippen LogP) is 5.54. The van der Waals surface area contributed by atoms with Gasteiger partial charge in [0.15, 0.2) is 5.82 Å². The standard InChI is InChI=1S/C42H51F2N5O7/c1-4-28-30(43)9-8-24-13-26(51)14-29(32(24)28)35-34(44)36-33(38(45-35)53-3)37(48-17-27(18-50)55-20-40(2,52)19-48)47-39(46-36)56-23-42-10-5-7-31(42)49(12-6-11-42)25-15-41(16-25)21-54-22-41/h8-9,13-14,25,27,31,50-52H,4-7,10-12,15-23H2,1-3H3. The lowest BCUT2D eigenvalue weighted by atomic mass is 9.62. The molecule has 5 fully saturated rings. The molecule has 2 aliphatic carbocycles. The molecule has 3 N–H and O–H groups in total. The Hall–Kier alpha value is -3.95. The smallest absolute Gasteiger partial charge is 0.319 e. The molecule has 1 spiro atoms. The molecule has 300 valence electrons. The quantitative estimate of drug-likeness (QED) is 0.197. The van der Waals surface area contributed by atoms with Crippen LogP contribution in [0.1, 0.15) is 64.4 Å². The fourth-order valence-electron chi connectivity index (χ4n) is 10.5. The highest BCUT2D eigenvalue weighted by Gasteiger charge is 2.57. The Morgan fingerprint density at radius 2 is 1.84 bits per heavy atom. The largest absolute Gasteiger partial charge is 0.508 e. The fourth-order valence-corrected chi connectivity index (χ4v) is 10.5. The van der Waals surface area contributed by atoms with Gasteiger partial charge in [0.25, 0.3) is 0 Å². The second kappa shape index (κ2) is 14.2. The summed E-state index contributed by atoms with van der Waals surface area (Å²) in [5.74, 6) is -1.22. The minimum Gasteiger partial charge on any atom is -0.508 e. The number of nitrogens with zero attached hydrogens (tertiary/aromatic N) is 5. The number of fused-ring (bicyclic) bond motifs is 3. The Kier molecular flexibility index (Phi) is 9.51. The number of anilines is 1. The van der Waals surface area contributed by atoms with Crippen LogP contribution in [0.25, 0.3) is 32.9 Å². The maximum absolute atomic E-state index is 17.5. The van der Waals surface area contributed by atoms with Gasteiger partial charge in [-0.25, -0.2) is 13.8 Å².